The van der Waals surface area contributed by atoms with Gasteiger partial charge >= 0.3 is 5.97 Å². The van der Waals surface area contributed by atoms with Crippen LogP contribution in [0.3, 0.4) is 0 Å². The molecule has 1 aromatic rings. The highest BCUT2D eigenvalue weighted by atomic mass is 16.7. The van der Waals surface area contributed by atoms with Crippen LogP contribution in [0.15, 0.2) is 89.6 Å². The van der Waals surface area contributed by atoms with Crippen LogP contribution < -0.4 is 0 Å². The van der Waals surface area contributed by atoms with Crippen molar-refractivity contribution in [3.05, 3.63) is 95.1 Å². The van der Waals surface area contributed by atoms with Crippen LogP contribution in [-0.4, -0.2) is 146 Å². The van der Waals surface area contributed by atoms with Crippen LogP contribution in [-0.2, 0) is 58.7 Å². The molecule has 0 unspecified atom stereocenters. The summed E-state index contributed by atoms with van der Waals surface area (Å²) in [5, 5.41) is 23.9. The van der Waals surface area contributed by atoms with Gasteiger partial charge in [-0.05, 0) is 75.4 Å². The molecule has 6 heterocycles. The van der Waals surface area contributed by atoms with E-state index in [-0.39, 0.29) is 60.9 Å². The van der Waals surface area contributed by atoms with Gasteiger partial charge in [-0.2, -0.15) is 0 Å². The SMILES string of the molecule is CC[C@H](C)[C@H]1O[C@]2(C=C[C@@H]1C)C[C@@H]1C[C@@H](C/C=C(\C)[C@@H](O[C@H]3C[C@H](OC)[C@@H](O[C@@H]4C[C@@H](OC)[C@@H](N(C)Cc5ccccc5)[C@@H](C)O4)[C@H](C)O3)[C@@H](C)/C=C/C=C3\CO[C@@H]4[C@H](O)C(C)=C[C@@H](C(=O)O1)[C@]34O)O2. The van der Waals surface area contributed by atoms with E-state index in [1.165, 1.54) is 5.56 Å². The van der Waals surface area contributed by atoms with Crippen molar-refractivity contribution < 1.29 is 62.4 Å². The third kappa shape index (κ3) is 11.2. The van der Waals surface area contributed by atoms with E-state index >= 15 is 0 Å². The highest BCUT2D eigenvalue weighted by Gasteiger charge is 2.60. The number of likely N-dealkylation sites (N-methyl/N-ethyl adjacent to an activating group) is 1. The van der Waals surface area contributed by atoms with E-state index in [4.69, 9.17) is 47.4 Å². The zero-order chi connectivity index (χ0) is 50.1. The second-order valence-corrected chi connectivity index (χ2v) is 21.4. The number of aliphatic hydroxyl groups excluding tert-OH is 1. The number of ether oxygens (including phenoxy) is 10. The molecule has 0 saturated carbocycles. The average molecular weight is 976 g/mol. The molecule has 1 aromatic carbocycles. The molecule has 6 aliphatic heterocycles. The molecule has 70 heavy (non-hydrogen) atoms. The fourth-order valence-electron chi connectivity index (χ4n) is 12.2. The van der Waals surface area contributed by atoms with Crippen LogP contribution in [0.2, 0.25) is 0 Å². The number of hydrogen-bond donors (Lipinski definition) is 2. The van der Waals surface area contributed by atoms with Gasteiger partial charge in [0.25, 0.3) is 0 Å². The van der Waals surface area contributed by atoms with Crippen LogP contribution in [0.4, 0.5) is 0 Å². The molecular formula is C56H81NO13. The predicted molar refractivity (Wildman–Crippen MR) is 263 cm³/mol. The third-order valence-corrected chi connectivity index (χ3v) is 16.3. The molecule has 0 amide bonds. The zero-order valence-corrected chi connectivity index (χ0v) is 43.3. The summed E-state index contributed by atoms with van der Waals surface area (Å²) in [5.74, 6) is -2.55. The van der Waals surface area contributed by atoms with Crippen LogP contribution in [0.5, 0.6) is 0 Å². The number of carbonyl (C=O) groups is 1. The Kier molecular flexibility index (Phi) is 17.2. The molecule has 20 atom stereocenters. The Bertz CT molecular complexity index is 2090. The predicted octanol–water partition coefficient (Wildman–Crippen LogP) is 7.52. The number of carbonyl (C=O) groups excluding carboxylic acids is 1. The molecule has 14 heteroatoms. The summed E-state index contributed by atoms with van der Waals surface area (Å²) < 4.78 is 65.7. The van der Waals surface area contributed by atoms with Crippen molar-refractivity contribution in [1.82, 2.24) is 4.90 Å². The van der Waals surface area contributed by atoms with Crippen LogP contribution in [0, 0.1) is 23.7 Å². The standard InChI is InChI=1S/C56H81NO13/c1-12-32(2)51-35(5)23-24-55(70-51)29-42-26-41(69-55)22-21-34(4)50(33(3)17-16-20-40-31-63-53-49(58)36(6)25-43(54(59)66-42)56(40,53)60)67-47-28-45(62-11)52(38(8)65-47)68-46-27-44(61-10)48(37(7)64-46)57(9)30-39-18-14-13-15-19-39/h13-21,23-25,32-33,35,37-38,41-53,58,60H,12,22,26-31H2,1-11H3/b17-16+,34-21+,40-20+/t32-,33-,35-,37+,38-,41+,42-,43-,44+,45-,46+,47-,48-,49+,50-,51+,52-,53+,55+,56+/m0/s1. The number of hydrogen-bond acceptors (Lipinski definition) is 14. The lowest BCUT2D eigenvalue weighted by molar-refractivity contribution is -0.315. The van der Waals surface area contributed by atoms with E-state index in [2.05, 4.69) is 89.9 Å². The van der Waals surface area contributed by atoms with Gasteiger partial charge in [0.2, 0.25) is 0 Å². The Morgan fingerprint density at radius 2 is 1.60 bits per heavy atom. The number of benzene rings is 1. The van der Waals surface area contributed by atoms with E-state index in [1.807, 2.05) is 31.2 Å². The van der Waals surface area contributed by atoms with Crippen molar-refractivity contribution in [1.29, 1.82) is 0 Å². The largest absolute Gasteiger partial charge is 0.462 e. The minimum Gasteiger partial charge on any atom is -0.462 e. The van der Waals surface area contributed by atoms with E-state index in [0.29, 0.717) is 43.3 Å². The number of rotatable bonds is 11. The molecule has 4 saturated heterocycles. The van der Waals surface area contributed by atoms with Gasteiger partial charge in [0.15, 0.2) is 18.4 Å². The molecule has 0 radical (unpaired) electrons. The lowest BCUT2D eigenvalue weighted by Crippen LogP contribution is -2.58. The van der Waals surface area contributed by atoms with Crippen LogP contribution >= 0.6 is 0 Å². The maximum Gasteiger partial charge on any atom is 0.316 e. The number of nitrogens with zero attached hydrogens (tertiary/aromatic N) is 1. The summed E-state index contributed by atoms with van der Waals surface area (Å²) >= 11 is 0. The van der Waals surface area contributed by atoms with Gasteiger partial charge in [0, 0.05) is 58.3 Å². The van der Waals surface area contributed by atoms with Crippen molar-refractivity contribution in [3.63, 3.8) is 0 Å². The van der Waals surface area contributed by atoms with Crippen molar-refractivity contribution in [3.8, 4) is 0 Å². The number of aliphatic hydroxyl groups is 2. The fourth-order valence-corrected chi connectivity index (χ4v) is 12.2. The molecule has 2 bridgehead atoms. The van der Waals surface area contributed by atoms with Gasteiger partial charge < -0.3 is 57.6 Å². The first-order chi connectivity index (χ1) is 33.5. The average Bonchev–Trinajstić information content (AvgIpc) is 3.68. The number of methoxy groups -OCH3 is 2. The number of allylic oxidation sites excluding steroid dienone is 2. The summed E-state index contributed by atoms with van der Waals surface area (Å²) in [6.07, 6.45) is 10.5. The molecule has 7 aliphatic rings. The molecule has 4 fully saturated rings. The Labute approximate surface area is 416 Å². The normalized spacial score (nSPS) is 44.9. The number of fused-ring (bicyclic) bond motifs is 2. The Morgan fingerprint density at radius 3 is 2.33 bits per heavy atom. The summed E-state index contributed by atoms with van der Waals surface area (Å²) in [6, 6.07) is 10.4. The van der Waals surface area contributed by atoms with Crippen molar-refractivity contribution in [2.45, 2.75) is 198 Å². The van der Waals surface area contributed by atoms with Crippen LogP contribution in [0.25, 0.3) is 0 Å². The molecule has 2 N–H and O–H groups in total. The highest BCUT2D eigenvalue weighted by Crippen LogP contribution is 2.47. The minimum atomic E-state index is -1.83. The van der Waals surface area contributed by atoms with Crippen molar-refractivity contribution >= 4 is 5.97 Å². The molecule has 8 rings (SSSR count). The van der Waals surface area contributed by atoms with E-state index in [0.717, 1.165) is 18.5 Å². The Morgan fingerprint density at radius 1 is 0.886 bits per heavy atom. The maximum absolute atomic E-state index is 14.4. The molecule has 1 spiro atoms. The lowest BCUT2D eigenvalue weighted by Gasteiger charge is -2.48. The molecule has 0 aromatic heterocycles. The highest BCUT2D eigenvalue weighted by molar-refractivity contribution is 5.78. The van der Waals surface area contributed by atoms with Gasteiger partial charge in [-0.25, -0.2) is 0 Å². The molecule has 1 aliphatic carbocycles. The van der Waals surface area contributed by atoms with Crippen molar-refractivity contribution in [2.75, 3.05) is 27.9 Å². The Hall–Kier alpha value is -3.09. The first kappa shape index (κ1) is 53.2. The Balaban J connectivity index is 1.03. The van der Waals surface area contributed by atoms with Crippen LogP contribution in [0.1, 0.15) is 99.5 Å². The monoisotopic (exact) mass is 976 g/mol. The third-order valence-electron chi connectivity index (χ3n) is 16.3. The lowest BCUT2D eigenvalue weighted by atomic mass is 9.71. The fraction of sp³-hybridized carbons (Fsp3) is 0.696. The van der Waals surface area contributed by atoms with Gasteiger partial charge in [-0.1, -0.05) is 101 Å². The summed E-state index contributed by atoms with van der Waals surface area (Å²) in [6.45, 7) is 17.3. The second kappa shape index (κ2) is 22.6. The van der Waals surface area contributed by atoms with E-state index in [9.17, 15) is 15.0 Å². The second-order valence-electron chi connectivity index (χ2n) is 21.4. The maximum atomic E-state index is 14.4. The van der Waals surface area contributed by atoms with Gasteiger partial charge in [0.05, 0.1) is 55.4 Å². The molecule has 14 nitrogen and oxygen atoms in total. The first-order valence-electron chi connectivity index (χ1n) is 25.9. The molecule has 388 valence electrons. The first-order valence-corrected chi connectivity index (χ1v) is 25.9. The van der Waals surface area contributed by atoms with E-state index < -0.39 is 72.5 Å². The van der Waals surface area contributed by atoms with E-state index in [1.54, 1.807) is 33.3 Å². The smallest absolute Gasteiger partial charge is 0.316 e. The van der Waals surface area contributed by atoms with Crippen molar-refractivity contribution in [2.24, 2.45) is 23.7 Å². The molecular weight excluding hydrogens is 895 g/mol. The van der Waals surface area contributed by atoms with Gasteiger partial charge in [-0.15, -0.1) is 0 Å². The zero-order valence-electron chi connectivity index (χ0n) is 43.3. The quantitative estimate of drug-likeness (QED) is 0.166. The minimum absolute atomic E-state index is 0.0259. The summed E-state index contributed by atoms with van der Waals surface area (Å²) in [5.41, 5.74) is 1.39. The topological polar surface area (TPSA) is 153 Å². The summed E-state index contributed by atoms with van der Waals surface area (Å²) in [4.78, 5) is 16.7. The summed E-state index contributed by atoms with van der Waals surface area (Å²) in [7, 11) is 5.56. The van der Waals surface area contributed by atoms with Gasteiger partial charge in [-0.3, -0.25) is 9.69 Å². The van der Waals surface area contributed by atoms with Gasteiger partial charge in [0.1, 0.15) is 35.9 Å². The number of esters is 1.